The molecule has 0 fully saturated rings. The maximum absolute atomic E-state index is 12.0. The molecule has 0 heterocycles. The molecule has 16 heavy (non-hydrogen) atoms. The zero-order valence-corrected chi connectivity index (χ0v) is 11.0. The van der Waals surface area contributed by atoms with Crippen LogP contribution >= 0.6 is 12.6 Å². The number of hydrogen-bond acceptors (Lipinski definition) is 2. The van der Waals surface area contributed by atoms with Gasteiger partial charge in [-0.05, 0) is 36.6 Å². The van der Waals surface area contributed by atoms with Crippen molar-refractivity contribution < 1.29 is 4.79 Å². The van der Waals surface area contributed by atoms with Gasteiger partial charge in [-0.3, -0.25) is 4.79 Å². The highest BCUT2D eigenvalue weighted by Gasteiger charge is 2.11. The Hall–Kier alpha value is -0.960. The van der Waals surface area contributed by atoms with E-state index in [1.54, 1.807) is 4.90 Å². The van der Waals surface area contributed by atoms with Crippen LogP contribution in [0.3, 0.4) is 0 Å². The smallest absolute Gasteiger partial charge is 0.253 e. The minimum Gasteiger partial charge on any atom is -0.342 e. The Balaban J connectivity index is 2.60. The Bertz CT molecular complexity index is 345. The highest BCUT2D eigenvalue weighted by molar-refractivity contribution is 7.80. The van der Waals surface area contributed by atoms with Gasteiger partial charge in [0, 0.05) is 24.1 Å². The molecule has 0 spiro atoms. The number of rotatable bonds is 4. The third-order valence-electron chi connectivity index (χ3n) is 2.50. The topological polar surface area (TPSA) is 20.3 Å². The number of carbonyl (C=O) groups is 1. The van der Waals surface area contributed by atoms with E-state index in [0.29, 0.717) is 5.92 Å². The first kappa shape index (κ1) is 13.1. The fraction of sp³-hybridized carbons (Fsp3) is 0.462. The molecule has 0 aliphatic heterocycles. The summed E-state index contributed by atoms with van der Waals surface area (Å²) >= 11 is 4.20. The Morgan fingerprint density at radius 3 is 2.38 bits per heavy atom. The summed E-state index contributed by atoms with van der Waals surface area (Å²) in [4.78, 5) is 14.6. The second-order valence-electron chi connectivity index (χ2n) is 4.46. The second-order valence-corrected chi connectivity index (χ2v) is 4.97. The summed E-state index contributed by atoms with van der Waals surface area (Å²) in [6.07, 6.45) is 1.03. The van der Waals surface area contributed by atoms with Crippen molar-refractivity contribution >= 4 is 18.5 Å². The highest BCUT2D eigenvalue weighted by Crippen LogP contribution is 2.10. The monoisotopic (exact) mass is 237 g/mol. The van der Waals surface area contributed by atoms with E-state index < -0.39 is 0 Å². The fourth-order valence-electron chi connectivity index (χ4n) is 1.38. The molecule has 0 saturated heterocycles. The van der Waals surface area contributed by atoms with Crippen LogP contribution in [-0.2, 0) is 0 Å². The molecule has 1 aromatic rings. The first-order valence-corrected chi connectivity index (χ1v) is 6.00. The van der Waals surface area contributed by atoms with E-state index in [1.807, 2.05) is 31.3 Å². The predicted molar refractivity (Wildman–Crippen MR) is 70.1 cm³/mol. The summed E-state index contributed by atoms with van der Waals surface area (Å²) in [5, 5.41) is 0. The van der Waals surface area contributed by atoms with Gasteiger partial charge in [-0.2, -0.15) is 0 Å². The molecule has 1 rings (SSSR count). The van der Waals surface area contributed by atoms with Crippen LogP contribution in [0.2, 0.25) is 0 Å². The predicted octanol–water partition coefficient (Wildman–Crippen LogP) is 3.09. The molecule has 1 amide bonds. The first-order chi connectivity index (χ1) is 7.50. The molecule has 0 atom stereocenters. The van der Waals surface area contributed by atoms with E-state index in [9.17, 15) is 4.79 Å². The fourth-order valence-corrected chi connectivity index (χ4v) is 1.53. The molecule has 0 saturated carbocycles. The number of hydrogen-bond donors (Lipinski definition) is 1. The van der Waals surface area contributed by atoms with Crippen LogP contribution in [0, 0.1) is 5.92 Å². The van der Waals surface area contributed by atoms with Gasteiger partial charge in [0.25, 0.3) is 5.91 Å². The van der Waals surface area contributed by atoms with E-state index in [2.05, 4.69) is 26.5 Å². The third kappa shape index (κ3) is 3.89. The van der Waals surface area contributed by atoms with Gasteiger partial charge in [-0.15, -0.1) is 12.6 Å². The van der Waals surface area contributed by atoms with Gasteiger partial charge >= 0.3 is 0 Å². The van der Waals surface area contributed by atoms with Gasteiger partial charge in [0.2, 0.25) is 0 Å². The first-order valence-electron chi connectivity index (χ1n) is 5.55. The normalized spacial score (nSPS) is 10.6. The van der Waals surface area contributed by atoms with Crippen LogP contribution in [0.15, 0.2) is 29.2 Å². The zero-order chi connectivity index (χ0) is 12.1. The van der Waals surface area contributed by atoms with Gasteiger partial charge < -0.3 is 4.90 Å². The Morgan fingerprint density at radius 1 is 1.31 bits per heavy atom. The number of carbonyl (C=O) groups excluding carboxylic acids is 1. The number of thiol groups is 1. The van der Waals surface area contributed by atoms with E-state index in [0.717, 1.165) is 23.4 Å². The van der Waals surface area contributed by atoms with Crippen LogP contribution in [-0.4, -0.2) is 24.4 Å². The van der Waals surface area contributed by atoms with Crippen molar-refractivity contribution in [2.75, 3.05) is 13.6 Å². The van der Waals surface area contributed by atoms with Crippen LogP contribution in [0.25, 0.3) is 0 Å². The molecule has 0 aromatic heterocycles. The Morgan fingerprint density at radius 2 is 1.88 bits per heavy atom. The van der Waals surface area contributed by atoms with Gasteiger partial charge in [-0.1, -0.05) is 13.8 Å². The van der Waals surface area contributed by atoms with Gasteiger partial charge in [0.15, 0.2) is 0 Å². The van der Waals surface area contributed by atoms with Gasteiger partial charge in [-0.25, -0.2) is 0 Å². The van der Waals surface area contributed by atoms with Crippen LogP contribution in [0.4, 0.5) is 0 Å². The lowest BCUT2D eigenvalue weighted by Gasteiger charge is -2.18. The molecule has 0 radical (unpaired) electrons. The lowest BCUT2D eigenvalue weighted by atomic mass is 10.1. The average molecular weight is 237 g/mol. The maximum Gasteiger partial charge on any atom is 0.253 e. The lowest BCUT2D eigenvalue weighted by Crippen LogP contribution is -2.28. The average Bonchev–Trinajstić information content (AvgIpc) is 2.26. The van der Waals surface area contributed by atoms with Crippen molar-refractivity contribution in [1.29, 1.82) is 0 Å². The molecule has 1 aromatic carbocycles. The molecule has 3 heteroatoms. The summed E-state index contributed by atoms with van der Waals surface area (Å²) in [5.41, 5.74) is 0.726. The lowest BCUT2D eigenvalue weighted by molar-refractivity contribution is 0.0789. The van der Waals surface area contributed by atoms with Crippen LogP contribution in [0.5, 0.6) is 0 Å². The van der Waals surface area contributed by atoms with Gasteiger partial charge in [0.05, 0.1) is 0 Å². The van der Waals surface area contributed by atoms with Crippen molar-refractivity contribution in [3.8, 4) is 0 Å². The molecule has 2 nitrogen and oxygen atoms in total. The quantitative estimate of drug-likeness (QED) is 0.798. The van der Waals surface area contributed by atoms with E-state index in [-0.39, 0.29) is 5.91 Å². The molecule has 0 bridgehead atoms. The largest absolute Gasteiger partial charge is 0.342 e. The van der Waals surface area contributed by atoms with Crippen molar-refractivity contribution in [3.63, 3.8) is 0 Å². The second kappa shape index (κ2) is 5.94. The molecule has 88 valence electrons. The van der Waals surface area contributed by atoms with E-state index in [1.165, 1.54) is 0 Å². The number of nitrogens with zero attached hydrogens (tertiary/aromatic N) is 1. The minimum absolute atomic E-state index is 0.0778. The maximum atomic E-state index is 12.0. The summed E-state index contributed by atoms with van der Waals surface area (Å²) < 4.78 is 0. The summed E-state index contributed by atoms with van der Waals surface area (Å²) in [6, 6.07) is 7.31. The van der Waals surface area contributed by atoms with Crippen LogP contribution in [0.1, 0.15) is 30.6 Å². The highest BCUT2D eigenvalue weighted by atomic mass is 32.1. The van der Waals surface area contributed by atoms with Crippen molar-refractivity contribution in [3.05, 3.63) is 29.8 Å². The Kier molecular flexibility index (Phi) is 4.87. The molecule has 0 aliphatic rings. The SMILES string of the molecule is CC(C)CCN(C)C(=O)c1ccc(S)cc1. The molecular formula is C13H19NOS. The Labute approximate surface area is 103 Å². The van der Waals surface area contributed by atoms with Crippen molar-refractivity contribution in [1.82, 2.24) is 4.90 Å². The van der Waals surface area contributed by atoms with Crippen molar-refractivity contribution in [2.45, 2.75) is 25.2 Å². The zero-order valence-electron chi connectivity index (χ0n) is 10.1. The molecule has 0 unspecified atom stereocenters. The summed E-state index contributed by atoms with van der Waals surface area (Å²) in [5.74, 6) is 0.698. The standard InChI is InChI=1S/C13H19NOS/c1-10(2)8-9-14(3)13(15)11-4-6-12(16)7-5-11/h4-7,10,16H,8-9H2,1-3H3. The number of benzene rings is 1. The molecular weight excluding hydrogens is 218 g/mol. The van der Waals surface area contributed by atoms with Gasteiger partial charge in [0.1, 0.15) is 0 Å². The summed E-state index contributed by atoms with van der Waals surface area (Å²) in [7, 11) is 1.85. The molecule has 0 N–H and O–H groups in total. The number of amides is 1. The minimum atomic E-state index is 0.0778. The van der Waals surface area contributed by atoms with E-state index in [4.69, 9.17) is 0 Å². The molecule has 0 aliphatic carbocycles. The van der Waals surface area contributed by atoms with E-state index >= 15 is 0 Å². The summed E-state index contributed by atoms with van der Waals surface area (Å²) in [6.45, 7) is 5.13. The van der Waals surface area contributed by atoms with Crippen LogP contribution < -0.4 is 0 Å². The third-order valence-corrected chi connectivity index (χ3v) is 2.80. The van der Waals surface area contributed by atoms with Crippen molar-refractivity contribution in [2.24, 2.45) is 5.92 Å².